The normalized spacial score (nSPS) is 11.7. The van der Waals surface area contributed by atoms with E-state index in [1.165, 1.54) is 18.2 Å². The second kappa shape index (κ2) is 10.9. The number of hydrogen-bond donors (Lipinski definition) is 3. The van der Waals surface area contributed by atoms with Crippen molar-refractivity contribution in [3.63, 3.8) is 0 Å². The Balaban J connectivity index is 2.04. The zero-order valence-electron chi connectivity index (χ0n) is 16.3. The molecule has 2 rings (SSSR count). The summed E-state index contributed by atoms with van der Waals surface area (Å²) in [5, 5.41) is 6.02. The third kappa shape index (κ3) is 8.29. The molecular formula is C20H23F3N4O3. The van der Waals surface area contributed by atoms with Gasteiger partial charge in [0.25, 0.3) is 5.91 Å². The Hall–Kier alpha value is -3.43. The number of nitrogens with two attached hydrogens (primary N) is 1. The Bertz CT molecular complexity index is 872. The molecule has 2 aromatic rings. The van der Waals surface area contributed by atoms with Crippen molar-refractivity contribution < 1.29 is 27.4 Å². The largest absolute Gasteiger partial charge is 0.573 e. The number of amides is 1. The molecule has 0 aliphatic carbocycles. The lowest BCUT2D eigenvalue weighted by Crippen LogP contribution is -2.37. The zero-order valence-corrected chi connectivity index (χ0v) is 16.3. The van der Waals surface area contributed by atoms with Gasteiger partial charge in [-0.2, -0.15) is 0 Å². The number of hydrogen-bond acceptors (Lipinski definition) is 4. The topological polar surface area (TPSA) is 98.0 Å². The maximum absolute atomic E-state index is 12.6. The first-order valence-electron chi connectivity index (χ1n) is 9.12. The summed E-state index contributed by atoms with van der Waals surface area (Å²) in [5.41, 5.74) is 6.21. The Morgan fingerprint density at radius 3 is 2.60 bits per heavy atom. The van der Waals surface area contributed by atoms with Gasteiger partial charge < -0.3 is 25.8 Å². The minimum absolute atomic E-state index is 0.0832. The number of nitrogens with zero attached hydrogens (tertiary/aromatic N) is 1. The number of benzene rings is 2. The lowest BCUT2D eigenvalue weighted by molar-refractivity contribution is -0.274. The smallest absolute Gasteiger partial charge is 0.484 e. The number of halogens is 3. The monoisotopic (exact) mass is 424 g/mol. The van der Waals surface area contributed by atoms with Crippen molar-refractivity contribution in [2.75, 3.05) is 13.2 Å². The fourth-order valence-corrected chi connectivity index (χ4v) is 2.45. The zero-order chi connectivity index (χ0) is 22.0. The minimum Gasteiger partial charge on any atom is -0.484 e. The molecule has 1 amide bonds. The summed E-state index contributed by atoms with van der Waals surface area (Å²) in [6.07, 6.45) is -4.77. The van der Waals surface area contributed by atoms with Crippen molar-refractivity contribution in [3.8, 4) is 11.5 Å². The summed E-state index contributed by atoms with van der Waals surface area (Å²) in [4.78, 5) is 15.2. The number of carbonyl (C=O) groups is 1. The van der Waals surface area contributed by atoms with Gasteiger partial charge in [0, 0.05) is 18.7 Å². The maximum Gasteiger partial charge on any atom is 0.573 e. The van der Waals surface area contributed by atoms with E-state index in [4.69, 9.17) is 10.5 Å². The molecular weight excluding hydrogens is 401 g/mol. The standard InChI is InChI=1S/C20H23F3N4O3/c1-2-25-19(26-11-14-6-5-8-16(10-14)29-13-18(24)28)27-12-15-7-3-4-9-17(15)30-20(21,22)23/h3-10H,2,11-13H2,1H3,(H2,24,28)(H2,25,26,27). The first-order valence-corrected chi connectivity index (χ1v) is 9.12. The number of nitrogens with one attached hydrogen (secondary N) is 2. The van der Waals surface area contributed by atoms with Crippen LogP contribution in [0, 0.1) is 0 Å². The van der Waals surface area contributed by atoms with Crippen molar-refractivity contribution in [1.29, 1.82) is 0 Å². The number of primary amides is 1. The van der Waals surface area contributed by atoms with E-state index in [1.54, 1.807) is 24.3 Å². The average Bonchev–Trinajstić information content (AvgIpc) is 2.68. The lowest BCUT2D eigenvalue weighted by atomic mass is 10.2. The van der Waals surface area contributed by atoms with E-state index in [2.05, 4.69) is 20.4 Å². The van der Waals surface area contributed by atoms with Crippen molar-refractivity contribution in [3.05, 3.63) is 59.7 Å². The molecule has 0 spiro atoms. The van der Waals surface area contributed by atoms with Gasteiger partial charge in [0.2, 0.25) is 0 Å². The van der Waals surface area contributed by atoms with E-state index in [9.17, 15) is 18.0 Å². The Morgan fingerprint density at radius 2 is 1.90 bits per heavy atom. The number of carbonyl (C=O) groups excluding carboxylic acids is 1. The van der Waals surface area contributed by atoms with E-state index in [-0.39, 0.29) is 25.4 Å². The summed E-state index contributed by atoms with van der Waals surface area (Å²) < 4.78 is 47.0. The molecule has 0 bridgehead atoms. The Kier molecular flexibility index (Phi) is 8.33. The molecule has 0 aliphatic rings. The number of para-hydroxylation sites is 1. The molecule has 0 aromatic heterocycles. The highest BCUT2D eigenvalue weighted by molar-refractivity contribution is 5.79. The molecule has 0 radical (unpaired) electrons. The van der Waals surface area contributed by atoms with Gasteiger partial charge in [-0.1, -0.05) is 30.3 Å². The summed E-state index contributed by atoms with van der Waals surface area (Å²) in [6, 6.07) is 12.9. The van der Waals surface area contributed by atoms with Crippen LogP contribution in [0.25, 0.3) is 0 Å². The third-order valence-electron chi connectivity index (χ3n) is 3.69. The Morgan fingerprint density at radius 1 is 1.13 bits per heavy atom. The van der Waals surface area contributed by atoms with Crippen LogP contribution in [0.2, 0.25) is 0 Å². The van der Waals surface area contributed by atoms with Gasteiger partial charge >= 0.3 is 6.36 Å². The molecule has 2 aromatic carbocycles. The molecule has 0 atom stereocenters. The van der Waals surface area contributed by atoms with E-state index in [0.717, 1.165) is 5.56 Å². The molecule has 0 fully saturated rings. The highest BCUT2D eigenvalue weighted by atomic mass is 19.4. The second-order valence-electron chi connectivity index (χ2n) is 6.11. The second-order valence-corrected chi connectivity index (χ2v) is 6.11. The quantitative estimate of drug-likeness (QED) is 0.425. The van der Waals surface area contributed by atoms with Gasteiger partial charge in [0.05, 0.1) is 6.54 Å². The number of aliphatic imine (C=N–C) groups is 1. The van der Waals surface area contributed by atoms with E-state index in [0.29, 0.717) is 23.8 Å². The predicted molar refractivity (Wildman–Crippen MR) is 106 cm³/mol. The third-order valence-corrected chi connectivity index (χ3v) is 3.69. The van der Waals surface area contributed by atoms with Crippen LogP contribution in [0.4, 0.5) is 13.2 Å². The number of guanidine groups is 1. The maximum atomic E-state index is 12.6. The summed E-state index contributed by atoms with van der Waals surface area (Å²) >= 11 is 0. The van der Waals surface area contributed by atoms with E-state index < -0.39 is 12.3 Å². The molecule has 7 nitrogen and oxygen atoms in total. The summed E-state index contributed by atoms with van der Waals surface area (Å²) in [7, 11) is 0. The molecule has 0 saturated carbocycles. The number of alkyl halides is 3. The van der Waals surface area contributed by atoms with Crippen LogP contribution in [-0.4, -0.2) is 31.4 Å². The molecule has 10 heteroatoms. The average molecular weight is 424 g/mol. The molecule has 0 aliphatic heterocycles. The van der Waals surface area contributed by atoms with Gasteiger partial charge in [-0.3, -0.25) is 4.79 Å². The van der Waals surface area contributed by atoms with Crippen LogP contribution in [0.15, 0.2) is 53.5 Å². The van der Waals surface area contributed by atoms with Crippen LogP contribution in [0.5, 0.6) is 11.5 Å². The molecule has 0 heterocycles. The SMILES string of the molecule is CCNC(=NCc1cccc(OCC(N)=O)c1)NCc1ccccc1OC(F)(F)F. The van der Waals surface area contributed by atoms with Crippen LogP contribution in [0.1, 0.15) is 18.1 Å². The number of ether oxygens (including phenoxy) is 2. The Labute approximate surface area is 172 Å². The van der Waals surface area contributed by atoms with Crippen LogP contribution in [0.3, 0.4) is 0 Å². The molecule has 0 unspecified atom stereocenters. The summed E-state index contributed by atoms with van der Waals surface area (Å²) in [6.45, 7) is 2.57. The van der Waals surface area contributed by atoms with Crippen molar-refractivity contribution in [2.45, 2.75) is 26.4 Å². The molecule has 0 saturated heterocycles. The van der Waals surface area contributed by atoms with E-state index >= 15 is 0 Å². The van der Waals surface area contributed by atoms with E-state index in [1.807, 2.05) is 13.0 Å². The minimum atomic E-state index is -4.77. The van der Waals surface area contributed by atoms with Crippen LogP contribution in [-0.2, 0) is 17.9 Å². The fourth-order valence-electron chi connectivity index (χ4n) is 2.45. The van der Waals surface area contributed by atoms with Gasteiger partial charge in [-0.15, -0.1) is 13.2 Å². The van der Waals surface area contributed by atoms with Gasteiger partial charge in [-0.25, -0.2) is 4.99 Å². The van der Waals surface area contributed by atoms with Gasteiger partial charge in [0.15, 0.2) is 12.6 Å². The molecule has 4 N–H and O–H groups in total. The highest BCUT2D eigenvalue weighted by Crippen LogP contribution is 2.26. The summed E-state index contributed by atoms with van der Waals surface area (Å²) in [5.74, 6) is 0.0555. The first kappa shape index (κ1) is 22.9. The van der Waals surface area contributed by atoms with Gasteiger partial charge in [-0.05, 0) is 30.7 Å². The van der Waals surface area contributed by atoms with Crippen molar-refractivity contribution in [2.24, 2.45) is 10.7 Å². The first-order chi connectivity index (χ1) is 14.3. The fraction of sp³-hybridized carbons (Fsp3) is 0.300. The van der Waals surface area contributed by atoms with Crippen LogP contribution < -0.4 is 25.8 Å². The van der Waals surface area contributed by atoms with Gasteiger partial charge in [0.1, 0.15) is 11.5 Å². The van der Waals surface area contributed by atoms with Crippen molar-refractivity contribution >= 4 is 11.9 Å². The van der Waals surface area contributed by atoms with Crippen LogP contribution >= 0.6 is 0 Å². The lowest BCUT2D eigenvalue weighted by Gasteiger charge is -2.15. The highest BCUT2D eigenvalue weighted by Gasteiger charge is 2.31. The number of rotatable bonds is 9. The van der Waals surface area contributed by atoms with Crippen molar-refractivity contribution in [1.82, 2.24) is 10.6 Å². The molecule has 30 heavy (non-hydrogen) atoms. The predicted octanol–water partition coefficient (Wildman–Crippen LogP) is 2.70. The molecule has 162 valence electrons.